The van der Waals surface area contributed by atoms with E-state index in [4.69, 9.17) is 71.0 Å². The van der Waals surface area contributed by atoms with Gasteiger partial charge in [-0.25, -0.2) is 5.26 Å². The normalized spacial score (nSPS) is 3.78. The van der Waals surface area contributed by atoms with Gasteiger partial charge < -0.3 is 25.7 Å². The van der Waals surface area contributed by atoms with Gasteiger partial charge in [0, 0.05) is 35.2 Å². The van der Waals surface area contributed by atoms with E-state index in [9.17, 15) is 0 Å². The maximum atomic E-state index is 8.70. The number of nitroso groups, excluding NO2 is 1. The first-order valence-corrected chi connectivity index (χ1v) is 9.24. The average molecular weight is 661 g/mol. The molecule has 0 radical (unpaired) electrons. The lowest BCUT2D eigenvalue weighted by Gasteiger charge is -1.88. The molecule has 0 aliphatic heterocycles. The van der Waals surface area contributed by atoms with Crippen LogP contribution in [0.4, 0.5) is 0 Å². The summed E-state index contributed by atoms with van der Waals surface area (Å²) in [5.74, 6) is 60.5. The molecule has 15 heteroatoms. The van der Waals surface area contributed by atoms with Gasteiger partial charge in [0.2, 0.25) is 0 Å². The van der Waals surface area contributed by atoms with Crippen LogP contribution in [-0.4, -0.2) is 35.0 Å². The van der Waals surface area contributed by atoms with Crippen molar-refractivity contribution in [2.75, 3.05) is 0 Å². The lowest BCUT2D eigenvalue weighted by molar-refractivity contribution is -0.652. The van der Waals surface area contributed by atoms with Gasteiger partial charge in [0.05, 0.1) is 0 Å². The van der Waals surface area contributed by atoms with E-state index in [1.165, 1.54) is 0 Å². The fourth-order valence-corrected chi connectivity index (χ4v) is 0.644. The van der Waals surface area contributed by atoms with Crippen LogP contribution < -0.4 is 11.1 Å². The van der Waals surface area contributed by atoms with Gasteiger partial charge in [0.25, 0.3) is 6.47 Å². The van der Waals surface area contributed by atoms with Crippen molar-refractivity contribution in [2.24, 2.45) is 16.4 Å². The number of rotatable bonds is 2. The first kappa shape index (κ1) is 56.9. The average Bonchev–Trinajstić information content (AvgIpc) is 3.04. The molecule has 0 aliphatic carbocycles. The van der Waals surface area contributed by atoms with Crippen molar-refractivity contribution in [3.8, 4) is 168 Å². The highest BCUT2D eigenvalue weighted by atomic mass is 17.1. The second kappa shape index (κ2) is 91.2. The van der Waals surface area contributed by atoms with Crippen LogP contribution in [-0.2, 0) is 29.0 Å². The summed E-state index contributed by atoms with van der Waals surface area (Å²) in [6.07, 6.45) is 19.7. The molecule has 0 heterocycles. The number of carbonyl (C=O) groups excluding carboxylic acids is 4. The third-order valence-corrected chi connectivity index (χ3v) is 1.50. The Bertz CT molecular complexity index is 1570. The van der Waals surface area contributed by atoms with Crippen LogP contribution in [0.15, 0.2) is 10.6 Å². The van der Waals surface area contributed by atoms with Crippen LogP contribution in [0.1, 0.15) is 30.0 Å². The maximum absolute atomic E-state index is 8.70. The fraction of sp³-hybridized carbons (Fsp3) is 0. The van der Waals surface area contributed by atoms with Crippen LogP contribution in [0.25, 0.3) is 0 Å². The first-order chi connectivity index (χ1) is 21.9. The molecule has 0 atom stereocenters. The monoisotopic (exact) mass is 660 g/mol. The minimum Gasteiger partial charge on any atom is -0.662 e. The molecule has 0 rings (SSSR count). The number of nitrogens with zero attached hydrogens (tertiary/aromatic N) is 2. The molecule has 0 saturated carbocycles. The Kier molecular flexibility index (Phi) is 113. The molecule has 266 valence electrons. The SMILES string of the molecule is C#CC#CC#CC#CC#CC#CC#C.C#CC#CC#CC#CC#CC#CC#C.N=N[OH2+].NN=O.O.O=C=O.O=COO.O=CO[O-].[HH].[HH].[HH].[HH].[HH].[HH].[HH].[HH].[HH].[HH].[HH].[HH].[HH].[HH].[HH].[HH].[HH].[HH].[HH].[HH].[HH]. The Hall–Kier alpha value is -9.16. The lowest BCUT2D eigenvalue weighted by Crippen LogP contribution is -2.00. The molecular formula is C31H56N4O11. The van der Waals surface area contributed by atoms with Crippen LogP contribution in [0.5, 0.6) is 0 Å². The number of hydrogen-bond acceptors (Lipinski definition) is 12. The van der Waals surface area contributed by atoms with Crippen molar-refractivity contribution in [1.29, 1.82) is 5.53 Å². The van der Waals surface area contributed by atoms with Crippen molar-refractivity contribution < 1.29 is 80.1 Å². The van der Waals surface area contributed by atoms with Crippen LogP contribution in [0.2, 0.25) is 0 Å². The molecule has 0 aliphatic rings. The maximum Gasteiger partial charge on any atom is 0.373 e. The van der Waals surface area contributed by atoms with Crippen molar-refractivity contribution in [1.82, 2.24) is 0 Å². The molecule has 46 heavy (non-hydrogen) atoms. The van der Waals surface area contributed by atoms with E-state index in [1.807, 2.05) is 5.28 Å². The van der Waals surface area contributed by atoms with Crippen molar-refractivity contribution in [2.45, 2.75) is 0 Å². The van der Waals surface area contributed by atoms with E-state index in [2.05, 4.69) is 158 Å². The third kappa shape index (κ3) is 181. The molecule has 0 spiro atoms. The largest absolute Gasteiger partial charge is 0.662 e. The Morgan fingerprint density at radius 2 is 0.761 bits per heavy atom. The van der Waals surface area contributed by atoms with E-state index in [0.717, 1.165) is 0 Å². The number of carbonyl (C=O) groups is 2. The van der Waals surface area contributed by atoms with Crippen LogP contribution in [0, 0.1) is 178 Å². The first-order valence-electron chi connectivity index (χ1n) is 9.24. The summed E-state index contributed by atoms with van der Waals surface area (Å²) in [5, 5.41) is 24.7. The second-order valence-corrected chi connectivity index (χ2v) is 3.77. The number of terminal acetylenes is 4. The van der Waals surface area contributed by atoms with Gasteiger partial charge in [0.1, 0.15) is 0 Å². The molecular weight excluding hydrogens is 604 g/mol. The van der Waals surface area contributed by atoms with E-state index < -0.39 is 0 Å². The van der Waals surface area contributed by atoms with E-state index in [0.29, 0.717) is 0 Å². The molecule has 8 N–H and O–H groups in total. The van der Waals surface area contributed by atoms with Gasteiger partial charge in [-0.05, 0) is 142 Å². The van der Waals surface area contributed by atoms with Gasteiger partial charge >= 0.3 is 12.6 Å². The summed E-state index contributed by atoms with van der Waals surface area (Å²) in [6, 6.07) is 0. The van der Waals surface area contributed by atoms with Crippen molar-refractivity contribution in [3.05, 3.63) is 4.91 Å². The van der Waals surface area contributed by atoms with Crippen molar-refractivity contribution in [3.63, 3.8) is 0 Å². The Morgan fingerprint density at radius 3 is 0.826 bits per heavy atom. The Labute approximate surface area is 295 Å². The zero-order valence-corrected chi connectivity index (χ0v) is 22.6. The van der Waals surface area contributed by atoms with E-state index in [1.54, 1.807) is 5.29 Å². The second-order valence-electron chi connectivity index (χ2n) is 3.77. The third-order valence-electron chi connectivity index (χ3n) is 1.50. The summed E-state index contributed by atoms with van der Waals surface area (Å²) in [5.41, 5.74) is 5.50. The van der Waals surface area contributed by atoms with Gasteiger partial charge in [-0.3, -0.25) is 15.4 Å². The lowest BCUT2D eigenvalue weighted by atomic mass is 10.5. The van der Waals surface area contributed by atoms with E-state index in [-0.39, 0.29) is 54.5 Å². The summed E-state index contributed by atoms with van der Waals surface area (Å²) < 4.78 is 0. The smallest absolute Gasteiger partial charge is 0.373 e. The molecule has 0 aromatic heterocycles. The Morgan fingerprint density at radius 1 is 0.652 bits per heavy atom. The number of hydrogen-bond donors (Lipinski definition) is 3. The van der Waals surface area contributed by atoms with E-state index >= 15 is 0 Å². The molecule has 0 unspecified atom stereocenters. The zero-order chi connectivity index (χ0) is 35.9. The quantitative estimate of drug-likeness (QED) is 0.0562. The minimum absolute atomic E-state index is 0. The standard InChI is InChI=1S/2C14H2.2CH2O3.CO2.2H2N2O.H2O.21H2/c2*1-3-5-7-9-11-13-14-12-10-8-6-4-2;2*2-1-4-3;2-1-3;2*1-2-3;;;;;;;;;;;;;;;;;;;;;;/h2*1-2H;2*1,3H;;2*(H2,1,3);1H2;21*1H. The predicted molar refractivity (Wildman–Crippen MR) is 202 cm³/mol. The highest BCUT2D eigenvalue weighted by Gasteiger charge is 1.57. The van der Waals surface area contributed by atoms with Gasteiger partial charge in [-0.15, -0.1) is 36.1 Å². The van der Waals surface area contributed by atoms with Gasteiger partial charge in [0.15, 0.2) is 5.28 Å². The molecule has 15 nitrogen and oxygen atoms in total. The fourth-order valence-electron chi connectivity index (χ4n) is 0.644. The summed E-state index contributed by atoms with van der Waals surface area (Å²) in [7, 11) is 0. The van der Waals surface area contributed by atoms with Crippen molar-refractivity contribution >= 4 is 19.1 Å². The highest BCUT2D eigenvalue weighted by molar-refractivity contribution is 5.45. The van der Waals surface area contributed by atoms with Gasteiger partial charge in [-0.2, -0.15) is 9.59 Å². The number of nitrogens with two attached hydrogens (primary N) is 1. The summed E-state index contributed by atoms with van der Waals surface area (Å²) in [6.45, 7) is -0.250. The van der Waals surface area contributed by atoms with Crippen LogP contribution >= 0.6 is 0 Å². The zero-order valence-electron chi connectivity index (χ0n) is 22.6. The van der Waals surface area contributed by atoms with Gasteiger partial charge in [-0.1, -0.05) is 0 Å². The molecule has 0 bridgehead atoms. The molecule has 0 fully saturated rings. The highest BCUT2D eigenvalue weighted by Crippen LogP contribution is 1.57. The summed E-state index contributed by atoms with van der Waals surface area (Å²) in [4.78, 5) is 47.4. The minimum atomic E-state index is -0.181. The number of nitrogens with one attached hydrogen (secondary N) is 1. The molecule has 0 aromatic carbocycles. The van der Waals surface area contributed by atoms with Crippen LogP contribution in [0.3, 0.4) is 0 Å². The molecule has 0 amide bonds. The topological polar surface area (TPSA) is 276 Å². The summed E-state index contributed by atoms with van der Waals surface area (Å²) >= 11 is 0. The molecule has 0 saturated heterocycles. The Balaban J connectivity index is -0.00000000956. The molecule has 0 aromatic rings. The predicted octanol–water partition coefficient (Wildman–Crippen LogP) is 1.65.